The average Bonchev–Trinajstić information content (AvgIpc) is 3.01. The lowest BCUT2D eigenvalue weighted by molar-refractivity contribution is 0.102. The van der Waals surface area contributed by atoms with E-state index in [-0.39, 0.29) is 5.78 Å². The van der Waals surface area contributed by atoms with E-state index in [1.165, 1.54) is 11.3 Å². The number of carbonyl (C=O) groups excluding carboxylic acids is 1. The summed E-state index contributed by atoms with van der Waals surface area (Å²) in [6.45, 7) is 3.26. The van der Waals surface area contributed by atoms with E-state index < -0.39 is 0 Å². The predicted octanol–water partition coefficient (Wildman–Crippen LogP) is 1.45. The molecular formula is C13H18N4O2S. The Morgan fingerprint density at radius 1 is 1.50 bits per heavy atom. The molecule has 0 bridgehead atoms. The smallest absolute Gasteiger partial charge is 0.226 e. The van der Waals surface area contributed by atoms with E-state index in [0.29, 0.717) is 22.9 Å². The van der Waals surface area contributed by atoms with E-state index in [4.69, 9.17) is 4.74 Å². The number of nitrogens with zero attached hydrogens (tertiary/aromatic N) is 4. The zero-order valence-corrected chi connectivity index (χ0v) is 12.9. The molecule has 20 heavy (non-hydrogen) atoms. The molecule has 0 N–H and O–H groups in total. The Kier molecular flexibility index (Phi) is 4.51. The van der Waals surface area contributed by atoms with Crippen molar-refractivity contribution >= 4 is 17.1 Å². The summed E-state index contributed by atoms with van der Waals surface area (Å²) in [6.07, 6.45) is 1.58. The Morgan fingerprint density at radius 2 is 2.25 bits per heavy atom. The number of rotatable bonds is 6. The van der Waals surface area contributed by atoms with Crippen LogP contribution >= 0.6 is 11.3 Å². The predicted molar refractivity (Wildman–Crippen MR) is 77.6 cm³/mol. The normalized spacial score (nSPS) is 11.1. The maximum atomic E-state index is 12.7. The molecule has 0 saturated heterocycles. The van der Waals surface area contributed by atoms with Gasteiger partial charge in [0.2, 0.25) is 5.78 Å². The van der Waals surface area contributed by atoms with Crippen LogP contribution in [0, 0.1) is 6.92 Å². The number of thiazole rings is 1. The zero-order valence-electron chi connectivity index (χ0n) is 12.1. The molecule has 6 nitrogen and oxygen atoms in total. The first-order chi connectivity index (χ1) is 9.54. The number of likely N-dealkylation sites (N-methyl/N-ethyl adjacent to an activating group) is 1. The lowest BCUT2D eigenvalue weighted by Gasteiger charge is -2.11. The van der Waals surface area contributed by atoms with Gasteiger partial charge >= 0.3 is 0 Å². The molecule has 0 saturated carbocycles. The fourth-order valence-corrected chi connectivity index (χ4v) is 2.58. The highest BCUT2D eigenvalue weighted by atomic mass is 32.1. The summed E-state index contributed by atoms with van der Waals surface area (Å²) in [4.78, 5) is 19.5. The van der Waals surface area contributed by atoms with Crippen molar-refractivity contribution in [2.45, 2.75) is 13.5 Å². The van der Waals surface area contributed by atoms with Crippen molar-refractivity contribution in [1.29, 1.82) is 0 Å². The molecule has 0 aliphatic heterocycles. The van der Waals surface area contributed by atoms with Crippen LogP contribution in [-0.4, -0.2) is 53.2 Å². The van der Waals surface area contributed by atoms with Crippen molar-refractivity contribution in [3.63, 3.8) is 0 Å². The fourth-order valence-electron chi connectivity index (χ4n) is 1.84. The highest BCUT2D eigenvalue weighted by Crippen LogP contribution is 2.24. The quantitative estimate of drug-likeness (QED) is 0.755. The minimum absolute atomic E-state index is 0.0851. The van der Waals surface area contributed by atoms with Crippen LogP contribution in [0.25, 0.3) is 0 Å². The number of aryl methyl sites for hydroxylation is 1. The van der Waals surface area contributed by atoms with Crippen molar-refractivity contribution in [1.82, 2.24) is 19.7 Å². The molecule has 0 spiro atoms. The van der Waals surface area contributed by atoms with Gasteiger partial charge in [0.15, 0.2) is 11.4 Å². The van der Waals surface area contributed by atoms with Crippen LogP contribution in [0.1, 0.15) is 21.1 Å². The first-order valence-electron chi connectivity index (χ1n) is 6.24. The summed E-state index contributed by atoms with van der Waals surface area (Å²) in [7, 11) is 5.51. The van der Waals surface area contributed by atoms with Gasteiger partial charge in [-0.2, -0.15) is 5.10 Å². The van der Waals surface area contributed by atoms with E-state index in [9.17, 15) is 4.79 Å². The van der Waals surface area contributed by atoms with Crippen LogP contribution in [0.5, 0.6) is 5.75 Å². The lowest BCUT2D eigenvalue weighted by atomic mass is 10.2. The van der Waals surface area contributed by atoms with E-state index in [1.807, 2.05) is 25.9 Å². The summed E-state index contributed by atoms with van der Waals surface area (Å²) >= 11 is 1.34. The van der Waals surface area contributed by atoms with Crippen molar-refractivity contribution in [2.24, 2.45) is 0 Å². The number of ether oxygens (including phenoxy) is 1. The van der Waals surface area contributed by atoms with Crippen LogP contribution in [-0.2, 0) is 6.54 Å². The molecule has 0 unspecified atom stereocenters. The summed E-state index contributed by atoms with van der Waals surface area (Å²) in [6, 6.07) is 0. The standard InChI is InChI=1S/C13H18N4O2S/c1-9-13(20-8-14-9)12(18)11-10(19-4)7-15-17(11)6-5-16(2)3/h7-8H,5-6H2,1-4H3. The number of carbonyl (C=O) groups is 1. The minimum atomic E-state index is -0.0851. The van der Waals surface area contributed by atoms with Gasteiger partial charge in [-0.25, -0.2) is 4.98 Å². The maximum Gasteiger partial charge on any atom is 0.226 e. The molecule has 0 fully saturated rings. The SMILES string of the molecule is COc1cnn(CCN(C)C)c1C(=O)c1scnc1C. The highest BCUT2D eigenvalue weighted by molar-refractivity contribution is 7.12. The van der Waals surface area contributed by atoms with Gasteiger partial charge in [0.1, 0.15) is 0 Å². The maximum absolute atomic E-state index is 12.7. The van der Waals surface area contributed by atoms with Crippen LogP contribution in [0.2, 0.25) is 0 Å². The van der Waals surface area contributed by atoms with Crippen molar-refractivity contribution < 1.29 is 9.53 Å². The number of aromatic nitrogens is 3. The largest absolute Gasteiger partial charge is 0.493 e. The molecule has 0 atom stereocenters. The van der Waals surface area contributed by atoms with E-state index in [2.05, 4.69) is 10.1 Å². The Morgan fingerprint density at radius 3 is 2.80 bits per heavy atom. The third-order valence-electron chi connectivity index (χ3n) is 2.95. The summed E-state index contributed by atoms with van der Waals surface area (Å²) in [5.74, 6) is 0.416. The van der Waals surface area contributed by atoms with Gasteiger partial charge in [-0.1, -0.05) is 0 Å². The fraction of sp³-hybridized carbons (Fsp3) is 0.462. The van der Waals surface area contributed by atoms with Gasteiger partial charge in [0.25, 0.3) is 0 Å². The van der Waals surface area contributed by atoms with Crippen LogP contribution in [0.15, 0.2) is 11.7 Å². The summed E-state index contributed by atoms with van der Waals surface area (Å²) in [5, 5.41) is 4.25. The van der Waals surface area contributed by atoms with E-state index in [0.717, 1.165) is 12.2 Å². The molecule has 7 heteroatoms. The molecule has 108 valence electrons. The summed E-state index contributed by atoms with van der Waals surface area (Å²) < 4.78 is 6.95. The minimum Gasteiger partial charge on any atom is -0.493 e. The van der Waals surface area contributed by atoms with Crippen LogP contribution < -0.4 is 4.74 Å². The Bertz CT molecular complexity index is 603. The molecule has 2 heterocycles. The van der Waals surface area contributed by atoms with Crippen molar-refractivity contribution in [2.75, 3.05) is 27.7 Å². The molecule has 0 aliphatic rings. The Balaban J connectivity index is 2.36. The Hall–Kier alpha value is -1.73. The highest BCUT2D eigenvalue weighted by Gasteiger charge is 2.23. The van der Waals surface area contributed by atoms with Gasteiger partial charge in [-0.05, 0) is 21.0 Å². The first kappa shape index (κ1) is 14.7. The van der Waals surface area contributed by atoms with Crippen molar-refractivity contribution in [3.05, 3.63) is 28.0 Å². The van der Waals surface area contributed by atoms with Crippen LogP contribution in [0.3, 0.4) is 0 Å². The van der Waals surface area contributed by atoms with Gasteiger partial charge < -0.3 is 9.64 Å². The number of hydrogen-bond donors (Lipinski definition) is 0. The second-order valence-electron chi connectivity index (χ2n) is 4.68. The molecule has 2 aromatic heterocycles. The molecule has 2 aromatic rings. The summed E-state index contributed by atoms with van der Waals surface area (Å²) in [5.41, 5.74) is 2.90. The van der Waals surface area contributed by atoms with Crippen LogP contribution in [0.4, 0.5) is 0 Å². The third kappa shape index (κ3) is 2.88. The van der Waals surface area contributed by atoms with Gasteiger partial charge in [-0.3, -0.25) is 9.48 Å². The topological polar surface area (TPSA) is 60.2 Å². The van der Waals surface area contributed by atoms with Gasteiger partial charge in [0.05, 0.1) is 35.9 Å². The first-order valence-corrected chi connectivity index (χ1v) is 7.12. The monoisotopic (exact) mass is 294 g/mol. The van der Waals surface area contributed by atoms with E-state index in [1.54, 1.807) is 23.5 Å². The molecule has 0 aliphatic carbocycles. The Labute approximate surface area is 122 Å². The van der Waals surface area contributed by atoms with E-state index >= 15 is 0 Å². The average molecular weight is 294 g/mol. The van der Waals surface area contributed by atoms with Gasteiger partial charge in [-0.15, -0.1) is 11.3 Å². The number of methoxy groups -OCH3 is 1. The third-order valence-corrected chi connectivity index (χ3v) is 3.88. The zero-order chi connectivity index (χ0) is 14.7. The number of hydrogen-bond acceptors (Lipinski definition) is 6. The molecule has 0 aromatic carbocycles. The van der Waals surface area contributed by atoms with Crippen molar-refractivity contribution in [3.8, 4) is 5.75 Å². The second kappa shape index (κ2) is 6.15. The lowest BCUT2D eigenvalue weighted by Crippen LogP contribution is -2.21. The molecule has 2 rings (SSSR count). The molecular weight excluding hydrogens is 276 g/mol. The number of ketones is 1. The second-order valence-corrected chi connectivity index (χ2v) is 5.54. The molecule has 0 amide bonds. The molecule has 0 radical (unpaired) electrons. The van der Waals surface area contributed by atoms with Gasteiger partial charge in [0, 0.05) is 6.54 Å².